The molecule has 2 aromatic carbocycles. The van der Waals surface area contributed by atoms with Gasteiger partial charge < -0.3 is 9.84 Å². The molecular formula is C22H20ClN3O3S. The number of halogens is 1. The predicted molar refractivity (Wildman–Crippen MR) is 119 cm³/mol. The number of carboxylic acids is 1. The maximum Gasteiger partial charge on any atom is 0.335 e. The highest BCUT2D eigenvalue weighted by Gasteiger charge is 2.22. The Morgan fingerprint density at radius 1 is 1.23 bits per heavy atom. The van der Waals surface area contributed by atoms with Crippen molar-refractivity contribution in [2.75, 3.05) is 7.11 Å². The van der Waals surface area contributed by atoms with E-state index >= 15 is 0 Å². The molecular weight excluding hydrogens is 422 g/mol. The van der Waals surface area contributed by atoms with Gasteiger partial charge in [0.1, 0.15) is 0 Å². The lowest BCUT2D eigenvalue weighted by Gasteiger charge is -2.09. The Labute approximate surface area is 183 Å². The minimum atomic E-state index is -0.959. The second-order valence-corrected chi connectivity index (χ2v) is 8.56. The summed E-state index contributed by atoms with van der Waals surface area (Å²) in [7, 11) is 1.62. The third kappa shape index (κ3) is 3.66. The molecule has 0 radical (unpaired) electrons. The van der Waals surface area contributed by atoms with Crippen molar-refractivity contribution in [2.45, 2.75) is 29.7 Å². The van der Waals surface area contributed by atoms with Gasteiger partial charge in [0.25, 0.3) is 0 Å². The van der Waals surface area contributed by atoms with Crippen LogP contribution in [0.15, 0.2) is 64.6 Å². The van der Waals surface area contributed by atoms with Gasteiger partial charge in [-0.25, -0.2) is 4.79 Å². The fourth-order valence-electron chi connectivity index (χ4n) is 3.28. The number of ether oxygens (including phenoxy) is 1. The van der Waals surface area contributed by atoms with Crippen molar-refractivity contribution in [3.63, 3.8) is 0 Å². The van der Waals surface area contributed by atoms with Crippen molar-refractivity contribution in [2.24, 2.45) is 0 Å². The van der Waals surface area contributed by atoms with Crippen molar-refractivity contribution in [3.8, 4) is 11.6 Å². The summed E-state index contributed by atoms with van der Waals surface area (Å²) in [6.07, 6.45) is 3.76. The van der Waals surface area contributed by atoms with E-state index in [2.05, 4.69) is 18.9 Å². The van der Waals surface area contributed by atoms with Crippen LogP contribution in [-0.4, -0.2) is 32.5 Å². The number of hydrogen-bond donors (Lipinski definition) is 1. The van der Waals surface area contributed by atoms with Crippen molar-refractivity contribution >= 4 is 40.2 Å². The molecule has 30 heavy (non-hydrogen) atoms. The SMILES string of the molecule is COc1c(Sc2cccc(C(=O)O)c2)c2ccc(Cl)cc2n1-c1cnn(C(C)C)c1. The van der Waals surface area contributed by atoms with Gasteiger partial charge in [0.2, 0.25) is 5.88 Å². The summed E-state index contributed by atoms with van der Waals surface area (Å²) in [4.78, 5) is 13.0. The van der Waals surface area contributed by atoms with Crippen LogP contribution >= 0.6 is 23.4 Å². The Kier molecular flexibility index (Phi) is 5.49. The number of aromatic nitrogens is 3. The maximum absolute atomic E-state index is 11.4. The second kappa shape index (κ2) is 8.08. The summed E-state index contributed by atoms with van der Waals surface area (Å²) < 4.78 is 9.69. The monoisotopic (exact) mass is 441 g/mol. The lowest BCUT2D eigenvalue weighted by molar-refractivity contribution is 0.0696. The molecule has 4 aromatic rings. The molecule has 8 heteroatoms. The molecule has 0 spiro atoms. The summed E-state index contributed by atoms with van der Waals surface area (Å²) in [6, 6.07) is 12.8. The first kappa shape index (κ1) is 20.4. The molecule has 4 rings (SSSR count). The molecule has 2 heterocycles. The lowest BCUT2D eigenvalue weighted by Crippen LogP contribution is -2.01. The molecule has 2 aromatic heterocycles. The van der Waals surface area contributed by atoms with Gasteiger partial charge in [0.05, 0.1) is 35.0 Å². The van der Waals surface area contributed by atoms with Crippen LogP contribution in [0.1, 0.15) is 30.2 Å². The Morgan fingerprint density at radius 2 is 2.03 bits per heavy atom. The van der Waals surface area contributed by atoms with Gasteiger partial charge in [-0.3, -0.25) is 9.25 Å². The van der Waals surface area contributed by atoms with E-state index in [0.717, 1.165) is 26.4 Å². The fraction of sp³-hybridized carbons (Fsp3) is 0.182. The van der Waals surface area contributed by atoms with E-state index < -0.39 is 5.97 Å². The number of fused-ring (bicyclic) bond motifs is 1. The Balaban J connectivity index is 1.91. The minimum Gasteiger partial charge on any atom is -0.481 e. The van der Waals surface area contributed by atoms with Crippen LogP contribution in [-0.2, 0) is 0 Å². The van der Waals surface area contributed by atoms with Gasteiger partial charge in [-0.1, -0.05) is 35.5 Å². The predicted octanol–water partition coefficient (Wildman–Crippen LogP) is 5.92. The molecule has 0 bridgehead atoms. The van der Waals surface area contributed by atoms with Gasteiger partial charge in [0, 0.05) is 27.5 Å². The average Bonchev–Trinajstić information content (AvgIpc) is 3.31. The molecule has 0 fully saturated rings. The van der Waals surface area contributed by atoms with E-state index in [-0.39, 0.29) is 11.6 Å². The quantitative estimate of drug-likeness (QED) is 0.402. The number of rotatable bonds is 6. The highest BCUT2D eigenvalue weighted by atomic mass is 35.5. The first-order valence-electron chi connectivity index (χ1n) is 9.32. The number of hydrogen-bond acceptors (Lipinski definition) is 4. The zero-order chi connectivity index (χ0) is 21.4. The Hall–Kier alpha value is -2.90. The van der Waals surface area contributed by atoms with Crippen LogP contribution in [0.25, 0.3) is 16.6 Å². The smallest absolute Gasteiger partial charge is 0.335 e. The van der Waals surface area contributed by atoms with E-state index in [0.29, 0.717) is 10.9 Å². The Bertz CT molecular complexity index is 1250. The summed E-state index contributed by atoms with van der Waals surface area (Å²) >= 11 is 7.76. The number of nitrogens with zero attached hydrogens (tertiary/aromatic N) is 3. The van der Waals surface area contributed by atoms with Gasteiger partial charge in [0.15, 0.2) is 0 Å². The van der Waals surface area contributed by atoms with Gasteiger partial charge >= 0.3 is 5.97 Å². The van der Waals surface area contributed by atoms with Gasteiger partial charge in [-0.2, -0.15) is 5.10 Å². The largest absolute Gasteiger partial charge is 0.481 e. The maximum atomic E-state index is 11.4. The number of carbonyl (C=O) groups is 1. The number of aromatic carboxylic acids is 1. The third-order valence-corrected chi connectivity index (χ3v) is 6.04. The summed E-state index contributed by atoms with van der Waals surface area (Å²) in [6.45, 7) is 4.13. The topological polar surface area (TPSA) is 69.3 Å². The van der Waals surface area contributed by atoms with Crippen LogP contribution in [0.5, 0.6) is 5.88 Å². The molecule has 0 atom stereocenters. The van der Waals surface area contributed by atoms with Crippen LogP contribution in [0.4, 0.5) is 0 Å². The molecule has 0 unspecified atom stereocenters. The standard InChI is InChI=1S/C22H20ClN3O3S/c1-13(2)25-12-16(11-24-25)26-19-10-15(23)7-8-18(19)20(21(26)29-3)30-17-6-4-5-14(9-17)22(27)28/h4-13H,1-3H3,(H,27,28). The zero-order valence-electron chi connectivity index (χ0n) is 16.7. The summed E-state index contributed by atoms with van der Waals surface area (Å²) in [5, 5.41) is 15.3. The van der Waals surface area contributed by atoms with Crippen molar-refractivity contribution in [3.05, 3.63) is 65.4 Å². The molecule has 1 N–H and O–H groups in total. The number of benzene rings is 2. The van der Waals surface area contributed by atoms with E-state index in [1.165, 1.54) is 11.8 Å². The van der Waals surface area contributed by atoms with Gasteiger partial charge in [-0.15, -0.1) is 0 Å². The first-order chi connectivity index (χ1) is 14.4. The molecule has 0 aliphatic heterocycles. The molecule has 6 nitrogen and oxygen atoms in total. The van der Waals surface area contributed by atoms with E-state index in [9.17, 15) is 9.90 Å². The number of carboxylic acid groups (broad SMARTS) is 1. The van der Waals surface area contributed by atoms with Crippen molar-refractivity contribution in [1.82, 2.24) is 14.3 Å². The van der Waals surface area contributed by atoms with Crippen LogP contribution < -0.4 is 4.74 Å². The summed E-state index contributed by atoms with van der Waals surface area (Å²) in [5.41, 5.74) is 1.99. The second-order valence-electron chi connectivity index (χ2n) is 7.04. The molecule has 0 saturated carbocycles. The molecule has 0 amide bonds. The molecule has 0 aliphatic carbocycles. The average molecular weight is 442 g/mol. The first-order valence-corrected chi connectivity index (χ1v) is 10.5. The van der Waals surface area contributed by atoms with Crippen LogP contribution in [0, 0.1) is 0 Å². The third-order valence-electron chi connectivity index (χ3n) is 4.71. The van der Waals surface area contributed by atoms with Gasteiger partial charge in [-0.05, 0) is 44.2 Å². The highest BCUT2D eigenvalue weighted by molar-refractivity contribution is 7.99. The molecule has 0 saturated heterocycles. The molecule has 0 aliphatic rings. The van der Waals surface area contributed by atoms with Crippen molar-refractivity contribution in [1.29, 1.82) is 0 Å². The fourth-order valence-corrected chi connectivity index (χ4v) is 4.56. The summed E-state index contributed by atoms with van der Waals surface area (Å²) in [5.74, 6) is -0.318. The Morgan fingerprint density at radius 3 is 2.70 bits per heavy atom. The molecule has 154 valence electrons. The number of methoxy groups -OCH3 is 1. The zero-order valence-corrected chi connectivity index (χ0v) is 18.2. The lowest BCUT2D eigenvalue weighted by atomic mass is 10.2. The van der Waals surface area contributed by atoms with E-state index in [1.54, 1.807) is 31.5 Å². The van der Waals surface area contributed by atoms with E-state index in [4.69, 9.17) is 16.3 Å². The van der Waals surface area contributed by atoms with Crippen LogP contribution in [0.3, 0.4) is 0 Å². The van der Waals surface area contributed by atoms with E-state index in [1.807, 2.05) is 39.7 Å². The highest BCUT2D eigenvalue weighted by Crippen LogP contribution is 2.45. The van der Waals surface area contributed by atoms with Crippen molar-refractivity contribution < 1.29 is 14.6 Å². The van der Waals surface area contributed by atoms with Crippen LogP contribution in [0.2, 0.25) is 5.02 Å². The minimum absolute atomic E-state index is 0.225. The normalized spacial score (nSPS) is 11.4.